The highest BCUT2D eigenvalue weighted by Gasteiger charge is 2.09. The van der Waals surface area contributed by atoms with Gasteiger partial charge in [0.05, 0.1) is 5.56 Å². The van der Waals surface area contributed by atoms with Crippen LogP contribution in [0, 0.1) is 0 Å². The molecule has 0 unspecified atom stereocenters. The Morgan fingerprint density at radius 2 is 1.90 bits per heavy atom. The van der Waals surface area contributed by atoms with Gasteiger partial charge in [-0.15, -0.1) is 0 Å². The number of carboxylic acids is 1. The molecule has 0 bridgehead atoms. The molecule has 1 aromatic heterocycles. The predicted molar refractivity (Wildman–Crippen MR) is 79.4 cm³/mol. The summed E-state index contributed by atoms with van der Waals surface area (Å²) in [7, 11) is 0. The SMILES string of the molecule is O=C(O)c1ccc2nc(CCCc3ccccc3)oc2c1. The minimum atomic E-state index is -0.959. The van der Waals surface area contributed by atoms with Gasteiger partial charge in [-0.3, -0.25) is 0 Å². The van der Waals surface area contributed by atoms with E-state index < -0.39 is 5.97 Å². The summed E-state index contributed by atoms with van der Waals surface area (Å²) in [5.41, 5.74) is 2.75. The first-order valence-corrected chi connectivity index (χ1v) is 6.89. The van der Waals surface area contributed by atoms with E-state index in [0.29, 0.717) is 17.0 Å². The van der Waals surface area contributed by atoms with Crippen molar-refractivity contribution in [2.24, 2.45) is 0 Å². The molecular weight excluding hydrogens is 266 g/mol. The van der Waals surface area contributed by atoms with Crippen molar-refractivity contribution in [3.63, 3.8) is 0 Å². The molecule has 1 N–H and O–H groups in total. The molecule has 0 saturated carbocycles. The number of aromatic carboxylic acids is 1. The molecule has 4 nitrogen and oxygen atoms in total. The van der Waals surface area contributed by atoms with E-state index in [1.54, 1.807) is 12.1 Å². The molecule has 0 amide bonds. The Hall–Kier alpha value is -2.62. The van der Waals surface area contributed by atoms with Crippen LogP contribution in [-0.2, 0) is 12.8 Å². The minimum absolute atomic E-state index is 0.217. The topological polar surface area (TPSA) is 63.3 Å². The third kappa shape index (κ3) is 3.11. The molecule has 21 heavy (non-hydrogen) atoms. The zero-order chi connectivity index (χ0) is 14.7. The molecule has 0 spiro atoms. The van der Waals surface area contributed by atoms with E-state index in [9.17, 15) is 4.79 Å². The molecule has 0 saturated heterocycles. The van der Waals surface area contributed by atoms with Crippen molar-refractivity contribution in [3.8, 4) is 0 Å². The van der Waals surface area contributed by atoms with E-state index in [2.05, 4.69) is 17.1 Å². The van der Waals surface area contributed by atoms with Crippen LogP contribution in [0.15, 0.2) is 52.9 Å². The molecule has 0 aliphatic carbocycles. The van der Waals surface area contributed by atoms with E-state index in [-0.39, 0.29) is 5.56 Å². The van der Waals surface area contributed by atoms with Gasteiger partial charge in [0.2, 0.25) is 0 Å². The van der Waals surface area contributed by atoms with Gasteiger partial charge in [-0.1, -0.05) is 30.3 Å². The monoisotopic (exact) mass is 281 g/mol. The van der Waals surface area contributed by atoms with Gasteiger partial charge in [-0.25, -0.2) is 9.78 Å². The van der Waals surface area contributed by atoms with E-state index in [4.69, 9.17) is 9.52 Å². The molecule has 1 heterocycles. The van der Waals surface area contributed by atoms with Crippen LogP contribution in [0.25, 0.3) is 11.1 Å². The second-order valence-electron chi connectivity index (χ2n) is 4.93. The van der Waals surface area contributed by atoms with E-state index in [1.807, 2.05) is 18.2 Å². The molecule has 4 heteroatoms. The van der Waals surface area contributed by atoms with Crippen LogP contribution in [0.1, 0.15) is 28.2 Å². The summed E-state index contributed by atoms with van der Waals surface area (Å²) in [5.74, 6) is -0.303. The smallest absolute Gasteiger partial charge is 0.335 e. The number of fused-ring (bicyclic) bond motifs is 1. The molecule has 0 aliphatic heterocycles. The highest BCUT2D eigenvalue weighted by molar-refractivity contribution is 5.91. The average molecular weight is 281 g/mol. The molecule has 0 fully saturated rings. The second kappa shape index (κ2) is 5.79. The van der Waals surface area contributed by atoms with Crippen LogP contribution in [0.3, 0.4) is 0 Å². The fourth-order valence-electron chi connectivity index (χ4n) is 2.30. The molecule has 106 valence electrons. The number of hydrogen-bond acceptors (Lipinski definition) is 3. The number of rotatable bonds is 5. The van der Waals surface area contributed by atoms with Gasteiger partial charge in [-0.2, -0.15) is 0 Å². The third-order valence-corrected chi connectivity index (χ3v) is 3.38. The van der Waals surface area contributed by atoms with Crippen molar-refractivity contribution in [1.29, 1.82) is 0 Å². The lowest BCUT2D eigenvalue weighted by atomic mass is 10.1. The van der Waals surface area contributed by atoms with Crippen molar-refractivity contribution in [2.45, 2.75) is 19.3 Å². The Morgan fingerprint density at radius 1 is 1.10 bits per heavy atom. The molecule has 0 radical (unpaired) electrons. The quantitative estimate of drug-likeness (QED) is 0.774. The van der Waals surface area contributed by atoms with E-state index >= 15 is 0 Å². The number of hydrogen-bond donors (Lipinski definition) is 1. The van der Waals surface area contributed by atoms with Crippen molar-refractivity contribution in [2.75, 3.05) is 0 Å². The summed E-state index contributed by atoms with van der Waals surface area (Å²) in [6, 6.07) is 15.0. The summed E-state index contributed by atoms with van der Waals surface area (Å²) < 4.78 is 5.62. The van der Waals surface area contributed by atoms with Gasteiger partial charge in [0.1, 0.15) is 5.52 Å². The van der Waals surface area contributed by atoms with Gasteiger partial charge in [0.25, 0.3) is 0 Å². The highest BCUT2D eigenvalue weighted by atomic mass is 16.4. The summed E-state index contributed by atoms with van der Waals surface area (Å²) in [6.45, 7) is 0. The highest BCUT2D eigenvalue weighted by Crippen LogP contribution is 2.18. The lowest BCUT2D eigenvalue weighted by molar-refractivity contribution is 0.0697. The summed E-state index contributed by atoms with van der Waals surface area (Å²) in [4.78, 5) is 15.3. The number of aromatic nitrogens is 1. The molecular formula is C17H15NO3. The van der Waals surface area contributed by atoms with Crippen molar-refractivity contribution in [3.05, 3.63) is 65.5 Å². The van der Waals surface area contributed by atoms with E-state index in [1.165, 1.54) is 11.6 Å². The van der Waals surface area contributed by atoms with Crippen molar-refractivity contribution >= 4 is 17.1 Å². The van der Waals surface area contributed by atoms with Crippen LogP contribution in [-0.4, -0.2) is 16.1 Å². The van der Waals surface area contributed by atoms with Crippen molar-refractivity contribution in [1.82, 2.24) is 4.98 Å². The maximum absolute atomic E-state index is 10.9. The Labute approximate surface area is 122 Å². The van der Waals surface area contributed by atoms with Gasteiger partial charge < -0.3 is 9.52 Å². The number of aryl methyl sites for hydroxylation is 2. The minimum Gasteiger partial charge on any atom is -0.478 e. The van der Waals surface area contributed by atoms with Crippen LogP contribution in [0.5, 0.6) is 0 Å². The second-order valence-corrected chi connectivity index (χ2v) is 4.93. The Morgan fingerprint density at radius 3 is 2.67 bits per heavy atom. The number of carbonyl (C=O) groups is 1. The number of nitrogens with zero attached hydrogens (tertiary/aromatic N) is 1. The fraction of sp³-hybridized carbons (Fsp3) is 0.176. The maximum Gasteiger partial charge on any atom is 0.335 e. The summed E-state index contributed by atoms with van der Waals surface area (Å²) >= 11 is 0. The van der Waals surface area contributed by atoms with Gasteiger partial charge in [0, 0.05) is 6.42 Å². The van der Waals surface area contributed by atoms with Crippen LogP contribution < -0.4 is 0 Å². The Balaban J connectivity index is 1.68. The average Bonchev–Trinajstić information content (AvgIpc) is 2.90. The first-order valence-electron chi connectivity index (χ1n) is 6.89. The summed E-state index contributed by atoms with van der Waals surface area (Å²) in [6.07, 6.45) is 2.66. The molecule has 2 aromatic carbocycles. The zero-order valence-corrected chi connectivity index (χ0v) is 11.5. The molecule has 3 rings (SSSR count). The van der Waals surface area contributed by atoms with Crippen LogP contribution in [0.2, 0.25) is 0 Å². The largest absolute Gasteiger partial charge is 0.478 e. The number of carboxylic acid groups (broad SMARTS) is 1. The standard InChI is InChI=1S/C17H15NO3/c19-17(20)13-9-10-14-15(11-13)21-16(18-14)8-4-7-12-5-2-1-3-6-12/h1-3,5-6,9-11H,4,7-8H2,(H,19,20). The summed E-state index contributed by atoms with van der Waals surface area (Å²) in [5, 5.41) is 8.96. The lowest BCUT2D eigenvalue weighted by Gasteiger charge is -1.98. The van der Waals surface area contributed by atoms with E-state index in [0.717, 1.165) is 19.3 Å². The van der Waals surface area contributed by atoms with Gasteiger partial charge >= 0.3 is 5.97 Å². The fourth-order valence-corrected chi connectivity index (χ4v) is 2.30. The first kappa shape index (κ1) is 13.4. The van der Waals surface area contributed by atoms with Gasteiger partial charge in [-0.05, 0) is 36.6 Å². The van der Waals surface area contributed by atoms with Crippen LogP contribution >= 0.6 is 0 Å². The van der Waals surface area contributed by atoms with Crippen LogP contribution in [0.4, 0.5) is 0 Å². The Kier molecular flexibility index (Phi) is 3.69. The maximum atomic E-state index is 10.9. The number of benzene rings is 2. The number of oxazole rings is 1. The third-order valence-electron chi connectivity index (χ3n) is 3.38. The molecule has 3 aromatic rings. The predicted octanol–water partition coefficient (Wildman–Crippen LogP) is 3.70. The zero-order valence-electron chi connectivity index (χ0n) is 11.5. The lowest BCUT2D eigenvalue weighted by Crippen LogP contribution is -1.94. The van der Waals surface area contributed by atoms with Crippen molar-refractivity contribution < 1.29 is 14.3 Å². The molecule has 0 aliphatic rings. The molecule has 0 atom stereocenters. The first-order chi connectivity index (χ1) is 10.2. The van der Waals surface area contributed by atoms with Gasteiger partial charge in [0.15, 0.2) is 11.5 Å². The normalized spacial score (nSPS) is 10.9. The Bertz CT molecular complexity index is 762.